The summed E-state index contributed by atoms with van der Waals surface area (Å²) in [5, 5.41) is 29.1. The SMILES string of the molecule is NC(CB1C=CC(O)=C(O)N1)C(=O)O. The molecule has 0 aliphatic carbocycles. The average molecular weight is 198 g/mol. The summed E-state index contributed by atoms with van der Waals surface area (Å²) >= 11 is 0. The van der Waals surface area contributed by atoms with E-state index in [1.807, 2.05) is 0 Å². The van der Waals surface area contributed by atoms with Gasteiger partial charge in [0.1, 0.15) is 0 Å². The van der Waals surface area contributed by atoms with Crippen LogP contribution >= 0.6 is 0 Å². The Kier molecular flexibility index (Phi) is 3.03. The molecule has 0 fully saturated rings. The van der Waals surface area contributed by atoms with E-state index in [1.165, 1.54) is 12.1 Å². The van der Waals surface area contributed by atoms with Crippen molar-refractivity contribution >= 4 is 12.8 Å². The largest absolute Gasteiger partial charge is 0.503 e. The first-order valence-electron chi connectivity index (χ1n) is 4.06. The van der Waals surface area contributed by atoms with E-state index in [9.17, 15) is 4.79 Å². The van der Waals surface area contributed by atoms with Gasteiger partial charge in [0.15, 0.2) is 5.76 Å². The Labute approximate surface area is 80.8 Å². The molecule has 1 rings (SSSR count). The van der Waals surface area contributed by atoms with Gasteiger partial charge in [-0.15, -0.1) is 0 Å². The van der Waals surface area contributed by atoms with E-state index < -0.39 is 12.0 Å². The number of aliphatic hydroxyl groups is 2. The normalized spacial score (nSPS) is 17.9. The number of nitrogens with two attached hydrogens (primary N) is 1. The summed E-state index contributed by atoms with van der Waals surface area (Å²) in [7, 11) is 0. The lowest BCUT2D eigenvalue weighted by Gasteiger charge is -2.17. The van der Waals surface area contributed by atoms with Crippen molar-refractivity contribution in [3.8, 4) is 0 Å². The fourth-order valence-corrected chi connectivity index (χ4v) is 1.10. The number of nitrogens with one attached hydrogen (secondary N) is 1. The number of rotatable bonds is 3. The highest BCUT2D eigenvalue weighted by atomic mass is 16.4. The average Bonchev–Trinajstić information content (AvgIpc) is 2.11. The summed E-state index contributed by atoms with van der Waals surface area (Å²) in [5.74, 6) is -0.198. The summed E-state index contributed by atoms with van der Waals surface area (Å²) in [5.41, 5.74) is 5.29. The zero-order valence-electron chi connectivity index (χ0n) is 7.34. The quantitative estimate of drug-likeness (QED) is 0.385. The minimum atomic E-state index is -1.10. The summed E-state index contributed by atoms with van der Waals surface area (Å²) in [6, 6.07) is -0.995. The monoisotopic (exact) mass is 198 g/mol. The van der Waals surface area contributed by atoms with E-state index in [0.717, 1.165) is 0 Å². The highest BCUT2D eigenvalue weighted by molar-refractivity contribution is 6.62. The lowest BCUT2D eigenvalue weighted by Crippen LogP contribution is -2.42. The third-order valence-corrected chi connectivity index (χ3v) is 1.88. The molecule has 0 radical (unpaired) electrons. The molecular formula is C7H11BN2O4. The van der Waals surface area contributed by atoms with Gasteiger partial charge < -0.3 is 26.3 Å². The van der Waals surface area contributed by atoms with Crippen molar-refractivity contribution in [2.75, 3.05) is 0 Å². The zero-order chi connectivity index (χ0) is 10.7. The van der Waals surface area contributed by atoms with Gasteiger partial charge >= 0.3 is 5.97 Å². The van der Waals surface area contributed by atoms with Gasteiger partial charge in [0.2, 0.25) is 5.88 Å². The molecule has 0 spiro atoms. The van der Waals surface area contributed by atoms with Gasteiger partial charge in [-0.25, -0.2) is 0 Å². The molecule has 1 unspecified atom stereocenters. The molecule has 0 bridgehead atoms. The van der Waals surface area contributed by atoms with Crippen LogP contribution in [0.25, 0.3) is 0 Å². The van der Waals surface area contributed by atoms with E-state index in [-0.39, 0.29) is 24.8 Å². The molecule has 0 aromatic rings. The Bertz CT molecular complexity index is 302. The molecule has 0 aromatic heterocycles. The molecule has 6 N–H and O–H groups in total. The predicted octanol–water partition coefficient (Wildman–Crippen LogP) is -0.626. The van der Waals surface area contributed by atoms with Crippen molar-refractivity contribution in [1.82, 2.24) is 5.23 Å². The third-order valence-electron chi connectivity index (χ3n) is 1.88. The zero-order valence-corrected chi connectivity index (χ0v) is 7.34. The van der Waals surface area contributed by atoms with Crippen molar-refractivity contribution in [2.24, 2.45) is 5.73 Å². The van der Waals surface area contributed by atoms with Gasteiger partial charge in [0.05, 0.1) is 6.04 Å². The Morgan fingerprint density at radius 3 is 2.79 bits per heavy atom. The van der Waals surface area contributed by atoms with Crippen LogP contribution in [-0.2, 0) is 4.79 Å². The van der Waals surface area contributed by atoms with Crippen LogP contribution in [0.5, 0.6) is 0 Å². The second-order valence-corrected chi connectivity index (χ2v) is 3.02. The predicted molar refractivity (Wildman–Crippen MR) is 50.7 cm³/mol. The fraction of sp³-hybridized carbons (Fsp3) is 0.286. The number of carbonyl (C=O) groups is 1. The standard InChI is InChI=1S/C7H11BN2O4/c9-4(7(13)14)3-8-2-1-5(11)6(12)10-8/h1-2,4,10-12H,3,9H2,(H,13,14). The van der Waals surface area contributed by atoms with Crippen LogP contribution in [-0.4, -0.2) is 34.2 Å². The highest BCUT2D eigenvalue weighted by Gasteiger charge is 2.24. The summed E-state index contributed by atoms with van der Waals surface area (Å²) < 4.78 is 0. The van der Waals surface area contributed by atoms with E-state index in [1.54, 1.807) is 0 Å². The van der Waals surface area contributed by atoms with E-state index in [4.69, 9.17) is 21.1 Å². The molecule has 1 atom stereocenters. The molecule has 1 aliphatic heterocycles. The van der Waals surface area contributed by atoms with Crippen LogP contribution in [0.1, 0.15) is 0 Å². The molecule has 0 amide bonds. The first-order valence-corrected chi connectivity index (χ1v) is 4.06. The molecule has 0 saturated carbocycles. The summed E-state index contributed by atoms with van der Waals surface area (Å²) in [4.78, 5) is 10.4. The highest BCUT2D eigenvalue weighted by Crippen LogP contribution is 2.07. The summed E-state index contributed by atoms with van der Waals surface area (Å²) in [6.45, 7) is -0.378. The van der Waals surface area contributed by atoms with Crippen molar-refractivity contribution in [2.45, 2.75) is 12.4 Å². The Morgan fingerprint density at radius 1 is 1.64 bits per heavy atom. The Balaban J connectivity index is 2.52. The molecule has 14 heavy (non-hydrogen) atoms. The van der Waals surface area contributed by atoms with Crippen molar-refractivity contribution < 1.29 is 20.1 Å². The molecular weight excluding hydrogens is 187 g/mol. The van der Waals surface area contributed by atoms with E-state index in [0.29, 0.717) is 0 Å². The van der Waals surface area contributed by atoms with Crippen molar-refractivity contribution in [3.63, 3.8) is 0 Å². The lowest BCUT2D eigenvalue weighted by molar-refractivity contribution is -0.138. The Hall–Kier alpha value is -1.63. The second-order valence-electron chi connectivity index (χ2n) is 3.02. The lowest BCUT2D eigenvalue weighted by atomic mass is 9.56. The maximum atomic E-state index is 10.4. The first-order chi connectivity index (χ1) is 6.50. The number of hydrogen-bond acceptors (Lipinski definition) is 5. The number of hydrogen-bond donors (Lipinski definition) is 5. The maximum absolute atomic E-state index is 10.4. The molecule has 0 aromatic carbocycles. The smallest absolute Gasteiger partial charge is 0.319 e. The Morgan fingerprint density at radius 2 is 2.29 bits per heavy atom. The maximum Gasteiger partial charge on any atom is 0.319 e. The van der Waals surface area contributed by atoms with E-state index in [2.05, 4.69) is 5.23 Å². The van der Waals surface area contributed by atoms with Gasteiger partial charge in [0.25, 0.3) is 6.85 Å². The molecule has 0 saturated heterocycles. The topological polar surface area (TPSA) is 116 Å². The minimum Gasteiger partial charge on any atom is -0.503 e. The number of allylic oxidation sites excluding steroid dienone is 1. The molecule has 6 nitrogen and oxygen atoms in total. The van der Waals surface area contributed by atoms with Crippen molar-refractivity contribution in [1.29, 1.82) is 0 Å². The number of carboxylic acids is 1. The number of aliphatic carboxylic acids is 1. The second kappa shape index (κ2) is 4.06. The molecule has 76 valence electrons. The fourth-order valence-electron chi connectivity index (χ4n) is 1.10. The van der Waals surface area contributed by atoms with Crippen LogP contribution in [0.3, 0.4) is 0 Å². The first kappa shape index (κ1) is 10.5. The van der Waals surface area contributed by atoms with Crippen LogP contribution in [0, 0.1) is 0 Å². The third kappa shape index (κ3) is 2.43. The van der Waals surface area contributed by atoms with Crippen LogP contribution in [0.2, 0.25) is 6.32 Å². The molecule has 1 heterocycles. The van der Waals surface area contributed by atoms with Gasteiger partial charge in [0, 0.05) is 0 Å². The van der Waals surface area contributed by atoms with Gasteiger partial charge in [-0.3, -0.25) is 4.79 Å². The summed E-state index contributed by atoms with van der Waals surface area (Å²) in [6.07, 6.45) is 1.44. The van der Waals surface area contributed by atoms with Gasteiger partial charge in [-0.2, -0.15) is 0 Å². The molecule has 1 aliphatic rings. The van der Waals surface area contributed by atoms with Crippen LogP contribution < -0.4 is 11.0 Å². The van der Waals surface area contributed by atoms with E-state index >= 15 is 0 Å². The minimum absolute atomic E-state index is 0.142. The van der Waals surface area contributed by atoms with Crippen molar-refractivity contribution in [3.05, 3.63) is 23.7 Å². The molecule has 7 heteroatoms. The number of aliphatic hydroxyl groups excluding tert-OH is 2. The van der Waals surface area contributed by atoms with Crippen LogP contribution in [0.15, 0.2) is 23.7 Å². The van der Waals surface area contributed by atoms with Gasteiger partial charge in [-0.05, 0) is 12.4 Å². The van der Waals surface area contributed by atoms with Crippen LogP contribution in [0.4, 0.5) is 0 Å². The van der Waals surface area contributed by atoms with Gasteiger partial charge in [-0.1, -0.05) is 5.98 Å². The number of carboxylic acid groups (broad SMARTS) is 1.